The summed E-state index contributed by atoms with van der Waals surface area (Å²) in [6.45, 7) is 8.71. The Morgan fingerprint density at radius 3 is 2.44 bits per heavy atom. The highest BCUT2D eigenvalue weighted by molar-refractivity contribution is 5.72. The number of aliphatic carboxylic acids is 1. The van der Waals surface area contributed by atoms with Gasteiger partial charge >= 0.3 is 5.97 Å². The third-order valence-electron chi connectivity index (χ3n) is 3.85. The molecule has 2 unspecified atom stereocenters. The molecule has 5 heteroatoms. The molecule has 2 rings (SSSR count). The van der Waals surface area contributed by atoms with Gasteiger partial charge in [0.1, 0.15) is 0 Å². The number of carboxylic acids is 1. The topological polar surface area (TPSA) is 53.0 Å². The highest BCUT2D eigenvalue weighted by Crippen LogP contribution is 2.21. The number of hydrogen-bond acceptors (Lipinski definition) is 4. The van der Waals surface area contributed by atoms with Gasteiger partial charge in [0.2, 0.25) is 0 Å². The molecule has 0 radical (unpaired) electrons. The molecule has 2 fully saturated rings. The number of ether oxygens (including phenoxy) is 1. The van der Waals surface area contributed by atoms with E-state index in [2.05, 4.69) is 16.7 Å². The lowest BCUT2D eigenvalue weighted by atomic mass is 10.2. The van der Waals surface area contributed by atoms with Crippen LogP contribution in [-0.4, -0.2) is 72.4 Å². The van der Waals surface area contributed by atoms with Crippen LogP contribution in [0.3, 0.4) is 0 Å². The van der Waals surface area contributed by atoms with E-state index in [1.165, 1.54) is 13.0 Å². The minimum absolute atomic E-state index is 0.115. The normalized spacial score (nSPS) is 30.7. The number of hydrogen-bond donors (Lipinski definition) is 1. The van der Waals surface area contributed by atoms with E-state index in [0.29, 0.717) is 6.42 Å². The van der Waals surface area contributed by atoms with Crippen LogP contribution in [0.2, 0.25) is 0 Å². The van der Waals surface area contributed by atoms with Crippen LogP contribution in [0.25, 0.3) is 0 Å². The molecule has 0 amide bonds. The van der Waals surface area contributed by atoms with E-state index in [9.17, 15) is 4.79 Å². The Hall–Kier alpha value is -0.650. The van der Waals surface area contributed by atoms with Crippen molar-refractivity contribution in [1.82, 2.24) is 9.80 Å². The number of rotatable bonds is 5. The quantitative estimate of drug-likeness (QED) is 0.782. The summed E-state index contributed by atoms with van der Waals surface area (Å²) < 4.78 is 5.55. The molecule has 18 heavy (non-hydrogen) atoms. The van der Waals surface area contributed by atoms with Crippen molar-refractivity contribution in [2.45, 2.75) is 38.4 Å². The highest BCUT2D eigenvalue weighted by atomic mass is 16.5. The molecule has 2 aliphatic heterocycles. The Balaban J connectivity index is 1.68. The lowest BCUT2D eigenvalue weighted by Crippen LogP contribution is -2.48. The molecule has 0 spiro atoms. The van der Waals surface area contributed by atoms with Gasteiger partial charge in [-0.3, -0.25) is 4.90 Å². The lowest BCUT2D eigenvalue weighted by Gasteiger charge is -2.35. The molecule has 2 atom stereocenters. The fourth-order valence-electron chi connectivity index (χ4n) is 2.82. The Morgan fingerprint density at radius 1 is 1.22 bits per heavy atom. The van der Waals surface area contributed by atoms with Gasteiger partial charge in [-0.05, 0) is 25.8 Å². The lowest BCUT2D eigenvalue weighted by molar-refractivity contribution is -0.149. The molecular formula is C13H24N2O3. The minimum Gasteiger partial charge on any atom is -0.479 e. The molecule has 0 aromatic carbocycles. The summed E-state index contributed by atoms with van der Waals surface area (Å²) in [7, 11) is 0. The maximum Gasteiger partial charge on any atom is 0.332 e. The molecule has 104 valence electrons. The molecule has 0 aromatic rings. The zero-order valence-corrected chi connectivity index (χ0v) is 11.2. The van der Waals surface area contributed by atoms with Crippen molar-refractivity contribution in [1.29, 1.82) is 0 Å². The molecule has 2 aliphatic rings. The van der Waals surface area contributed by atoms with E-state index in [0.717, 1.165) is 39.1 Å². The van der Waals surface area contributed by atoms with Crippen molar-refractivity contribution >= 4 is 5.97 Å². The summed E-state index contributed by atoms with van der Waals surface area (Å²) in [5.74, 6) is -0.815. The second-order valence-electron chi connectivity index (χ2n) is 5.30. The van der Waals surface area contributed by atoms with E-state index in [-0.39, 0.29) is 6.10 Å². The fourth-order valence-corrected chi connectivity index (χ4v) is 2.82. The second-order valence-corrected chi connectivity index (χ2v) is 5.30. The molecule has 1 N–H and O–H groups in total. The van der Waals surface area contributed by atoms with E-state index in [1.54, 1.807) is 0 Å². The molecule has 0 bridgehead atoms. The smallest absolute Gasteiger partial charge is 0.332 e. The van der Waals surface area contributed by atoms with Gasteiger partial charge in [0, 0.05) is 32.7 Å². The van der Waals surface area contributed by atoms with Gasteiger partial charge in [0.25, 0.3) is 0 Å². The van der Waals surface area contributed by atoms with Crippen molar-refractivity contribution in [3.8, 4) is 0 Å². The van der Waals surface area contributed by atoms with Crippen molar-refractivity contribution in [2.24, 2.45) is 0 Å². The number of nitrogens with zero attached hydrogens (tertiary/aromatic N) is 2. The first-order chi connectivity index (χ1) is 8.69. The largest absolute Gasteiger partial charge is 0.479 e. The molecule has 0 saturated carbocycles. The maximum absolute atomic E-state index is 10.8. The Morgan fingerprint density at radius 2 is 1.89 bits per heavy atom. The van der Waals surface area contributed by atoms with E-state index < -0.39 is 12.1 Å². The molecule has 0 aromatic heterocycles. The molecular weight excluding hydrogens is 232 g/mol. The van der Waals surface area contributed by atoms with Crippen LogP contribution in [0.15, 0.2) is 0 Å². The van der Waals surface area contributed by atoms with Gasteiger partial charge in [-0.1, -0.05) is 6.92 Å². The first kappa shape index (κ1) is 13.8. The highest BCUT2D eigenvalue weighted by Gasteiger charge is 2.31. The van der Waals surface area contributed by atoms with Crippen LogP contribution in [0.5, 0.6) is 0 Å². The monoisotopic (exact) mass is 256 g/mol. The first-order valence-corrected chi connectivity index (χ1v) is 7.02. The van der Waals surface area contributed by atoms with Crippen molar-refractivity contribution in [2.75, 3.05) is 39.3 Å². The Kier molecular flexibility index (Phi) is 4.97. The molecule has 2 heterocycles. The summed E-state index contributed by atoms with van der Waals surface area (Å²) in [4.78, 5) is 15.7. The molecule has 5 nitrogen and oxygen atoms in total. The van der Waals surface area contributed by atoms with Crippen molar-refractivity contribution in [3.05, 3.63) is 0 Å². The van der Waals surface area contributed by atoms with Crippen LogP contribution < -0.4 is 0 Å². The van der Waals surface area contributed by atoms with Crippen LogP contribution in [0.4, 0.5) is 0 Å². The van der Waals surface area contributed by atoms with E-state index in [1.807, 2.05) is 0 Å². The molecule has 0 aliphatic carbocycles. The van der Waals surface area contributed by atoms with E-state index >= 15 is 0 Å². The summed E-state index contributed by atoms with van der Waals surface area (Å²) in [6, 6.07) is 0. The maximum atomic E-state index is 10.8. The fraction of sp³-hybridized carbons (Fsp3) is 0.923. The van der Waals surface area contributed by atoms with Crippen LogP contribution in [0, 0.1) is 0 Å². The third kappa shape index (κ3) is 3.67. The van der Waals surface area contributed by atoms with E-state index in [4.69, 9.17) is 9.84 Å². The number of carboxylic acid groups (broad SMARTS) is 1. The zero-order valence-electron chi connectivity index (χ0n) is 11.2. The van der Waals surface area contributed by atoms with Crippen LogP contribution in [0.1, 0.15) is 26.2 Å². The van der Waals surface area contributed by atoms with Crippen molar-refractivity contribution < 1.29 is 14.6 Å². The van der Waals surface area contributed by atoms with Crippen LogP contribution >= 0.6 is 0 Å². The summed E-state index contributed by atoms with van der Waals surface area (Å²) in [5, 5.41) is 8.89. The van der Waals surface area contributed by atoms with Gasteiger partial charge in [0.05, 0.1) is 6.10 Å². The summed E-state index contributed by atoms with van der Waals surface area (Å²) in [5.41, 5.74) is 0. The van der Waals surface area contributed by atoms with Crippen molar-refractivity contribution in [3.63, 3.8) is 0 Å². The predicted octanol–water partition coefficient (Wildman–Crippen LogP) is 0.646. The average Bonchev–Trinajstić information content (AvgIpc) is 2.81. The van der Waals surface area contributed by atoms with Crippen LogP contribution in [-0.2, 0) is 9.53 Å². The average molecular weight is 256 g/mol. The third-order valence-corrected chi connectivity index (χ3v) is 3.85. The number of carbonyl (C=O) groups is 1. The first-order valence-electron chi connectivity index (χ1n) is 7.02. The molecule has 2 saturated heterocycles. The number of piperazine rings is 1. The van der Waals surface area contributed by atoms with Gasteiger partial charge in [-0.25, -0.2) is 4.79 Å². The minimum atomic E-state index is -0.815. The SMILES string of the molecule is CCCN1CCN(CC2CCC(C(=O)O)O2)CC1. The Labute approximate surface area is 109 Å². The standard InChI is InChI=1S/C13H24N2O3/c1-2-5-14-6-8-15(9-7-14)10-11-3-4-12(18-11)13(16)17/h11-12H,2-10H2,1H3,(H,16,17). The second kappa shape index (κ2) is 6.50. The zero-order chi connectivity index (χ0) is 13.0. The van der Waals surface area contributed by atoms with Gasteiger partial charge < -0.3 is 14.7 Å². The summed E-state index contributed by atoms with van der Waals surface area (Å²) >= 11 is 0. The Bertz CT molecular complexity index is 277. The van der Waals surface area contributed by atoms with Gasteiger partial charge in [-0.2, -0.15) is 0 Å². The predicted molar refractivity (Wildman–Crippen MR) is 68.7 cm³/mol. The van der Waals surface area contributed by atoms with Gasteiger partial charge in [-0.15, -0.1) is 0 Å². The summed E-state index contributed by atoms with van der Waals surface area (Å²) in [6.07, 6.45) is 2.30. The van der Waals surface area contributed by atoms with Gasteiger partial charge in [0.15, 0.2) is 6.10 Å².